The van der Waals surface area contributed by atoms with Gasteiger partial charge in [-0.25, -0.2) is 5.06 Å². The van der Waals surface area contributed by atoms with Gasteiger partial charge in [0.2, 0.25) is 5.91 Å². The molecule has 0 spiro atoms. The lowest BCUT2D eigenvalue weighted by molar-refractivity contribution is -0.177. The quantitative estimate of drug-likeness (QED) is 0.219. The molecule has 3 amide bonds. The zero-order chi connectivity index (χ0) is 22.5. The largest absolute Gasteiger partial charge is 0.463 e. The van der Waals surface area contributed by atoms with Crippen LogP contribution in [0.25, 0.3) is 0 Å². The fourth-order valence-electron chi connectivity index (χ4n) is 3.33. The van der Waals surface area contributed by atoms with Crippen molar-refractivity contribution in [3.05, 3.63) is 47.5 Å². The Morgan fingerprint density at radius 2 is 1.97 bits per heavy atom. The van der Waals surface area contributed by atoms with Crippen molar-refractivity contribution in [3.63, 3.8) is 0 Å². The fraction of sp³-hybridized carbons (Fsp3) is 0.381. The number of benzene rings is 1. The van der Waals surface area contributed by atoms with Gasteiger partial charge >= 0.3 is 5.97 Å². The van der Waals surface area contributed by atoms with Crippen LogP contribution in [0.5, 0.6) is 0 Å². The van der Waals surface area contributed by atoms with Crippen molar-refractivity contribution in [1.29, 1.82) is 0 Å². The number of carbonyl (C=O) groups is 5. The molecule has 0 aromatic heterocycles. The summed E-state index contributed by atoms with van der Waals surface area (Å²) in [5.74, 6) is -2.46. The highest BCUT2D eigenvalue weighted by molar-refractivity contribution is 6.01. The van der Waals surface area contributed by atoms with Crippen LogP contribution >= 0.6 is 0 Å². The molecule has 2 N–H and O–H groups in total. The molecule has 2 aliphatic rings. The molecule has 0 radical (unpaired) electrons. The molecule has 1 aromatic carbocycles. The SMILES string of the molecule is CC(=O)c1cccc(C(=O)NC2CC=CCN(CC(=O)N(O)C3COC(=O)C3)C2=O)c1. The first-order valence-corrected chi connectivity index (χ1v) is 9.78. The minimum absolute atomic E-state index is 0.104. The molecule has 10 heteroatoms. The summed E-state index contributed by atoms with van der Waals surface area (Å²) in [5, 5.41) is 13.1. The van der Waals surface area contributed by atoms with E-state index in [1.165, 1.54) is 24.0 Å². The summed E-state index contributed by atoms with van der Waals surface area (Å²) in [4.78, 5) is 61.8. The number of ether oxygens (including phenoxy) is 1. The lowest BCUT2D eigenvalue weighted by Gasteiger charge is -2.27. The molecule has 2 aliphatic heterocycles. The number of hydrogen-bond donors (Lipinski definition) is 2. The molecule has 0 aliphatic carbocycles. The van der Waals surface area contributed by atoms with Gasteiger partial charge in [0.25, 0.3) is 11.8 Å². The zero-order valence-electron chi connectivity index (χ0n) is 16.9. The number of cyclic esters (lactones) is 1. The minimum atomic E-state index is -0.913. The van der Waals surface area contributed by atoms with E-state index in [1.807, 2.05) is 0 Å². The lowest BCUT2D eigenvalue weighted by Crippen LogP contribution is -2.51. The van der Waals surface area contributed by atoms with Crippen LogP contribution in [0.3, 0.4) is 0 Å². The standard InChI is InChI=1S/C21H23N3O7/c1-13(25)14-5-4-6-15(9-14)20(28)22-17-7-2-3-8-23(21(17)29)11-18(26)24(30)16-10-19(27)31-12-16/h2-6,9,16-17,30H,7-8,10-12H2,1H3,(H,22,28). The van der Waals surface area contributed by atoms with Crippen LogP contribution in [0, 0.1) is 0 Å². The first-order chi connectivity index (χ1) is 14.8. The molecule has 1 saturated heterocycles. The Bertz CT molecular complexity index is 943. The summed E-state index contributed by atoms with van der Waals surface area (Å²) in [6, 6.07) is 4.46. The van der Waals surface area contributed by atoms with E-state index < -0.39 is 42.3 Å². The molecule has 1 fully saturated rings. The molecular weight excluding hydrogens is 406 g/mol. The molecular formula is C21H23N3O7. The number of amides is 3. The van der Waals surface area contributed by atoms with Crippen LogP contribution in [-0.4, -0.2) is 76.4 Å². The maximum atomic E-state index is 12.9. The molecule has 2 unspecified atom stereocenters. The summed E-state index contributed by atoms with van der Waals surface area (Å²) >= 11 is 0. The van der Waals surface area contributed by atoms with Gasteiger partial charge in [0.1, 0.15) is 25.2 Å². The molecule has 31 heavy (non-hydrogen) atoms. The fourth-order valence-corrected chi connectivity index (χ4v) is 3.33. The number of ketones is 1. The van der Waals surface area contributed by atoms with Gasteiger partial charge in [0, 0.05) is 17.7 Å². The number of rotatable bonds is 6. The van der Waals surface area contributed by atoms with Crippen molar-refractivity contribution in [2.75, 3.05) is 19.7 Å². The van der Waals surface area contributed by atoms with Gasteiger partial charge in [0.05, 0.1) is 6.42 Å². The number of hydrogen-bond acceptors (Lipinski definition) is 7. The molecule has 1 aromatic rings. The van der Waals surface area contributed by atoms with E-state index in [4.69, 9.17) is 4.74 Å². The third-order valence-corrected chi connectivity index (χ3v) is 5.08. The van der Waals surface area contributed by atoms with E-state index in [1.54, 1.807) is 24.3 Å². The Balaban J connectivity index is 1.65. The Morgan fingerprint density at radius 3 is 2.65 bits per heavy atom. The highest BCUT2D eigenvalue weighted by Crippen LogP contribution is 2.14. The topological polar surface area (TPSA) is 133 Å². The number of Topliss-reactive ketones (excluding diaryl/α,β-unsaturated/α-hetero) is 1. The van der Waals surface area contributed by atoms with Crippen molar-refractivity contribution in [1.82, 2.24) is 15.3 Å². The van der Waals surface area contributed by atoms with Gasteiger partial charge in [-0.2, -0.15) is 0 Å². The number of nitrogens with one attached hydrogen (secondary N) is 1. The molecule has 3 rings (SSSR count). The van der Waals surface area contributed by atoms with Crippen LogP contribution < -0.4 is 5.32 Å². The first kappa shape index (κ1) is 22.2. The maximum absolute atomic E-state index is 12.9. The molecule has 10 nitrogen and oxygen atoms in total. The van der Waals surface area contributed by atoms with Gasteiger partial charge in [-0.1, -0.05) is 24.3 Å². The third-order valence-electron chi connectivity index (χ3n) is 5.08. The van der Waals surface area contributed by atoms with E-state index in [0.29, 0.717) is 10.6 Å². The Hall–Kier alpha value is -3.53. The lowest BCUT2D eigenvalue weighted by atomic mass is 10.1. The number of carbonyl (C=O) groups excluding carboxylic acids is 5. The Kier molecular flexibility index (Phi) is 6.81. The van der Waals surface area contributed by atoms with Crippen molar-refractivity contribution < 1.29 is 33.9 Å². The van der Waals surface area contributed by atoms with Gasteiger partial charge in [-0.3, -0.25) is 29.2 Å². The highest BCUT2D eigenvalue weighted by Gasteiger charge is 2.34. The summed E-state index contributed by atoms with van der Waals surface area (Å²) in [6.45, 7) is 0.998. The summed E-state index contributed by atoms with van der Waals surface area (Å²) in [5.41, 5.74) is 0.619. The number of esters is 1. The third kappa shape index (κ3) is 5.34. The average Bonchev–Trinajstić information content (AvgIpc) is 3.12. The smallest absolute Gasteiger partial charge is 0.308 e. The molecule has 2 heterocycles. The molecule has 0 bridgehead atoms. The normalized spacial score (nSPS) is 20.8. The maximum Gasteiger partial charge on any atom is 0.308 e. The second-order valence-electron chi connectivity index (χ2n) is 7.37. The second-order valence-corrected chi connectivity index (χ2v) is 7.37. The van der Waals surface area contributed by atoms with Gasteiger partial charge in [0.15, 0.2) is 5.78 Å². The van der Waals surface area contributed by atoms with Crippen LogP contribution in [0.1, 0.15) is 40.5 Å². The van der Waals surface area contributed by atoms with E-state index >= 15 is 0 Å². The summed E-state index contributed by atoms with van der Waals surface area (Å²) < 4.78 is 4.74. The van der Waals surface area contributed by atoms with Crippen LogP contribution in [0.4, 0.5) is 0 Å². The zero-order valence-corrected chi connectivity index (χ0v) is 16.9. The summed E-state index contributed by atoms with van der Waals surface area (Å²) in [6.07, 6.45) is 3.53. The van der Waals surface area contributed by atoms with Gasteiger partial charge in [-0.15, -0.1) is 0 Å². The number of nitrogens with zero attached hydrogens (tertiary/aromatic N) is 2. The highest BCUT2D eigenvalue weighted by atomic mass is 16.6. The molecule has 0 saturated carbocycles. The van der Waals surface area contributed by atoms with E-state index in [-0.39, 0.29) is 37.3 Å². The minimum Gasteiger partial charge on any atom is -0.463 e. The number of hydroxylamine groups is 2. The molecule has 2 atom stereocenters. The predicted octanol–water partition coefficient (Wildman–Crippen LogP) is 0.309. The Labute approximate surface area is 178 Å². The monoisotopic (exact) mass is 429 g/mol. The van der Waals surface area contributed by atoms with Crippen LogP contribution in [-0.2, 0) is 19.1 Å². The van der Waals surface area contributed by atoms with Crippen molar-refractivity contribution in [3.8, 4) is 0 Å². The van der Waals surface area contributed by atoms with Gasteiger partial charge < -0.3 is 15.0 Å². The average molecular weight is 429 g/mol. The Morgan fingerprint density at radius 1 is 1.23 bits per heavy atom. The van der Waals surface area contributed by atoms with E-state index in [9.17, 15) is 29.2 Å². The second kappa shape index (κ2) is 9.52. The van der Waals surface area contributed by atoms with Crippen molar-refractivity contribution >= 4 is 29.5 Å². The van der Waals surface area contributed by atoms with Crippen LogP contribution in [0.15, 0.2) is 36.4 Å². The van der Waals surface area contributed by atoms with E-state index in [2.05, 4.69) is 5.32 Å². The molecule has 164 valence electrons. The van der Waals surface area contributed by atoms with Gasteiger partial charge in [-0.05, 0) is 25.5 Å². The van der Waals surface area contributed by atoms with Crippen LogP contribution in [0.2, 0.25) is 0 Å². The van der Waals surface area contributed by atoms with Crippen molar-refractivity contribution in [2.24, 2.45) is 0 Å². The van der Waals surface area contributed by atoms with E-state index in [0.717, 1.165) is 0 Å². The first-order valence-electron chi connectivity index (χ1n) is 9.78. The summed E-state index contributed by atoms with van der Waals surface area (Å²) in [7, 11) is 0. The predicted molar refractivity (Wildman–Crippen MR) is 106 cm³/mol. The van der Waals surface area contributed by atoms with Crippen molar-refractivity contribution in [2.45, 2.75) is 31.8 Å².